The van der Waals surface area contributed by atoms with Crippen LogP contribution in [0.4, 0.5) is 0 Å². The highest BCUT2D eigenvalue weighted by Gasteiger charge is 2.16. The summed E-state index contributed by atoms with van der Waals surface area (Å²) in [6, 6.07) is 13.3. The van der Waals surface area contributed by atoms with Gasteiger partial charge in [-0.3, -0.25) is 4.79 Å². The molecule has 1 aromatic heterocycles. The Kier molecular flexibility index (Phi) is 3.59. The van der Waals surface area contributed by atoms with Crippen molar-refractivity contribution in [1.82, 2.24) is 4.57 Å². The van der Waals surface area contributed by atoms with E-state index in [2.05, 4.69) is 0 Å². The molecule has 1 fully saturated rings. The predicted molar refractivity (Wildman–Crippen MR) is 80.0 cm³/mol. The molecule has 0 radical (unpaired) electrons. The molecular formula is C17H19NO2. The van der Waals surface area contributed by atoms with E-state index in [0.29, 0.717) is 6.10 Å². The molecule has 0 bridgehead atoms. The van der Waals surface area contributed by atoms with Gasteiger partial charge in [0.15, 0.2) is 0 Å². The number of benzene rings is 1. The van der Waals surface area contributed by atoms with Crippen LogP contribution in [0.15, 0.2) is 47.3 Å². The van der Waals surface area contributed by atoms with Crippen LogP contribution in [0, 0.1) is 0 Å². The van der Waals surface area contributed by atoms with Gasteiger partial charge < -0.3 is 9.30 Å². The third kappa shape index (κ3) is 2.62. The van der Waals surface area contributed by atoms with E-state index >= 15 is 0 Å². The van der Waals surface area contributed by atoms with Gasteiger partial charge in [0.1, 0.15) is 5.75 Å². The van der Waals surface area contributed by atoms with Gasteiger partial charge in [-0.2, -0.15) is 0 Å². The lowest BCUT2D eigenvalue weighted by atomic mass is 10.1. The molecule has 104 valence electrons. The van der Waals surface area contributed by atoms with E-state index in [1.54, 1.807) is 23.7 Å². The highest BCUT2D eigenvalue weighted by Crippen LogP contribution is 2.27. The molecule has 0 atom stereocenters. The van der Waals surface area contributed by atoms with E-state index in [0.717, 1.165) is 29.8 Å². The summed E-state index contributed by atoms with van der Waals surface area (Å²) < 4.78 is 7.68. The van der Waals surface area contributed by atoms with E-state index in [-0.39, 0.29) is 5.56 Å². The minimum absolute atomic E-state index is 0.00427. The summed E-state index contributed by atoms with van der Waals surface area (Å²) in [4.78, 5) is 11.7. The molecule has 0 unspecified atom stereocenters. The molecule has 3 rings (SSSR count). The van der Waals surface area contributed by atoms with Crippen molar-refractivity contribution in [3.05, 3.63) is 52.8 Å². The second-order valence-electron chi connectivity index (χ2n) is 5.36. The molecule has 3 nitrogen and oxygen atoms in total. The second-order valence-corrected chi connectivity index (χ2v) is 5.36. The van der Waals surface area contributed by atoms with Gasteiger partial charge in [-0.05, 0) is 43.9 Å². The van der Waals surface area contributed by atoms with Crippen LogP contribution in [0.5, 0.6) is 5.75 Å². The SMILES string of the molecule is Cn1c(-c2cccc(OC3CCCC3)c2)cccc1=O. The van der Waals surface area contributed by atoms with Gasteiger partial charge in [0.05, 0.1) is 11.8 Å². The van der Waals surface area contributed by atoms with Crippen LogP contribution in [0.2, 0.25) is 0 Å². The summed E-state index contributed by atoms with van der Waals surface area (Å²) >= 11 is 0. The molecule has 2 aromatic rings. The molecule has 1 heterocycles. The van der Waals surface area contributed by atoms with Crippen molar-refractivity contribution < 1.29 is 4.74 Å². The van der Waals surface area contributed by atoms with Gasteiger partial charge in [0.2, 0.25) is 0 Å². The monoisotopic (exact) mass is 269 g/mol. The van der Waals surface area contributed by atoms with Crippen LogP contribution in [-0.2, 0) is 7.05 Å². The normalized spacial score (nSPS) is 15.4. The lowest BCUT2D eigenvalue weighted by molar-refractivity contribution is 0.210. The van der Waals surface area contributed by atoms with Crippen molar-refractivity contribution in [3.8, 4) is 17.0 Å². The molecule has 1 aromatic carbocycles. The molecule has 1 aliphatic carbocycles. The van der Waals surface area contributed by atoms with Crippen molar-refractivity contribution in [2.45, 2.75) is 31.8 Å². The fourth-order valence-electron chi connectivity index (χ4n) is 2.78. The predicted octanol–water partition coefficient (Wildman–Crippen LogP) is 3.37. The maximum Gasteiger partial charge on any atom is 0.250 e. The fraction of sp³-hybridized carbons (Fsp3) is 0.353. The maximum absolute atomic E-state index is 11.7. The van der Waals surface area contributed by atoms with Crippen LogP contribution in [-0.4, -0.2) is 10.7 Å². The molecule has 0 saturated heterocycles. The first-order valence-corrected chi connectivity index (χ1v) is 7.17. The third-order valence-corrected chi connectivity index (χ3v) is 3.92. The van der Waals surface area contributed by atoms with Gasteiger partial charge >= 0.3 is 0 Å². The van der Waals surface area contributed by atoms with Gasteiger partial charge in [-0.25, -0.2) is 0 Å². The Morgan fingerprint density at radius 3 is 2.65 bits per heavy atom. The Morgan fingerprint density at radius 1 is 1.10 bits per heavy atom. The van der Waals surface area contributed by atoms with Crippen molar-refractivity contribution in [3.63, 3.8) is 0 Å². The van der Waals surface area contributed by atoms with Gasteiger partial charge in [0, 0.05) is 18.7 Å². The number of nitrogens with zero attached hydrogens (tertiary/aromatic N) is 1. The average Bonchev–Trinajstić information content (AvgIpc) is 2.95. The molecule has 0 spiro atoms. The zero-order chi connectivity index (χ0) is 13.9. The van der Waals surface area contributed by atoms with Crippen LogP contribution in [0.1, 0.15) is 25.7 Å². The minimum atomic E-state index is 0.00427. The number of hydrogen-bond donors (Lipinski definition) is 0. The smallest absolute Gasteiger partial charge is 0.250 e. The van der Waals surface area contributed by atoms with E-state index in [1.807, 2.05) is 30.3 Å². The number of aromatic nitrogens is 1. The Bertz CT molecular complexity index is 654. The minimum Gasteiger partial charge on any atom is -0.490 e. The summed E-state index contributed by atoms with van der Waals surface area (Å²) in [7, 11) is 1.79. The summed E-state index contributed by atoms with van der Waals surface area (Å²) in [6.45, 7) is 0. The summed E-state index contributed by atoms with van der Waals surface area (Å²) in [5.74, 6) is 0.894. The second kappa shape index (κ2) is 5.53. The zero-order valence-electron chi connectivity index (χ0n) is 11.7. The fourth-order valence-corrected chi connectivity index (χ4v) is 2.78. The van der Waals surface area contributed by atoms with E-state index in [9.17, 15) is 4.79 Å². The Labute approximate surface area is 118 Å². The first-order valence-electron chi connectivity index (χ1n) is 7.17. The van der Waals surface area contributed by atoms with Gasteiger partial charge in [-0.15, -0.1) is 0 Å². The Morgan fingerprint density at radius 2 is 1.85 bits per heavy atom. The average molecular weight is 269 g/mol. The molecule has 1 saturated carbocycles. The highest BCUT2D eigenvalue weighted by atomic mass is 16.5. The quantitative estimate of drug-likeness (QED) is 0.855. The van der Waals surface area contributed by atoms with Crippen LogP contribution >= 0.6 is 0 Å². The van der Waals surface area contributed by atoms with Crippen molar-refractivity contribution in [2.75, 3.05) is 0 Å². The summed E-state index contributed by atoms with van der Waals surface area (Å²) in [6.07, 6.45) is 5.17. The summed E-state index contributed by atoms with van der Waals surface area (Å²) in [5.41, 5.74) is 1.93. The van der Waals surface area contributed by atoms with Crippen LogP contribution in [0.3, 0.4) is 0 Å². The van der Waals surface area contributed by atoms with E-state index in [4.69, 9.17) is 4.74 Å². The van der Waals surface area contributed by atoms with Crippen LogP contribution < -0.4 is 10.3 Å². The maximum atomic E-state index is 11.7. The van der Waals surface area contributed by atoms with Gasteiger partial charge in [-0.1, -0.05) is 18.2 Å². The molecule has 0 N–H and O–H groups in total. The lowest BCUT2D eigenvalue weighted by Gasteiger charge is -2.14. The number of rotatable bonds is 3. The molecule has 3 heteroatoms. The molecule has 0 amide bonds. The first-order chi connectivity index (χ1) is 9.74. The lowest BCUT2D eigenvalue weighted by Crippen LogP contribution is -2.16. The highest BCUT2D eigenvalue weighted by molar-refractivity contribution is 5.61. The molecular weight excluding hydrogens is 250 g/mol. The Balaban J connectivity index is 1.90. The Hall–Kier alpha value is -2.03. The van der Waals surface area contributed by atoms with E-state index < -0.39 is 0 Å². The standard InChI is InChI=1S/C17H19NO2/c1-18-16(10-5-11-17(18)19)13-6-4-9-15(12-13)20-14-7-2-3-8-14/h4-6,9-12,14H,2-3,7-8H2,1H3. The first kappa shape index (κ1) is 13.0. The number of pyridine rings is 1. The van der Waals surface area contributed by atoms with Gasteiger partial charge in [0.25, 0.3) is 5.56 Å². The molecule has 0 aliphatic heterocycles. The molecule has 20 heavy (non-hydrogen) atoms. The van der Waals surface area contributed by atoms with Crippen molar-refractivity contribution in [1.29, 1.82) is 0 Å². The third-order valence-electron chi connectivity index (χ3n) is 3.92. The topological polar surface area (TPSA) is 31.2 Å². The number of hydrogen-bond acceptors (Lipinski definition) is 2. The van der Waals surface area contributed by atoms with E-state index in [1.165, 1.54) is 12.8 Å². The van der Waals surface area contributed by atoms with Crippen molar-refractivity contribution in [2.24, 2.45) is 7.05 Å². The zero-order valence-corrected chi connectivity index (χ0v) is 11.7. The number of ether oxygens (including phenoxy) is 1. The summed E-state index contributed by atoms with van der Waals surface area (Å²) in [5, 5.41) is 0. The largest absolute Gasteiger partial charge is 0.490 e. The molecule has 1 aliphatic rings. The van der Waals surface area contributed by atoms with Crippen LogP contribution in [0.25, 0.3) is 11.3 Å². The van der Waals surface area contributed by atoms with Crippen molar-refractivity contribution >= 4 is 0 Å².